The van der Waals surface area contributed by atoms with Crippen LogP contribution in [0, 0.1) is 11.3 Å². The monoisotopic (exact) mass is 253 g/mol. The number of thioether (sulfide) groups is 1. The lowest BCUT2D eigenvalue weighted by Gasteiger charge is -2.05. The molecule has 88 valence electrons. The molecule has 0 aliphatic carbocycles. The summed E-state index contributed by atoms with van der Waals surface area (Å²) in [6, 6.07) is 9.22. The summed E-state index contributed by atoms with van der Waals surface area (Å²) in [7, 11) is 0. The first kappa shape index (κ1) is 11.9. The Kier molecular flexibility index (Phi) is 3.59. The maximum atomic E-state index is 12.4. The van der Waals surface area contributed by atoms with Crippen LogP contribution < -0.4 is 0 Å². The molecule has 2 rings (SSSR count). The number of aromatic nitrogens is 2. The van der Waals surface area contributed by atoms with E-state index < -0.39 is 5.76 Å². The predicted octanol–water partition coefficient (Wildman–Crippen LogP) is 3.26. The summed E-state index contributed by atoms with van der Waals surface area (Å²) < 4.78 is 26.5. The van der Waals surface area contributed by atoms with Crippen LogP contribution in [0.1, 0.15) is 6.42 Å². The maximum absolute atomic E-state index is 12.4. The van der Waals surface area contributed by atoms with Crippen molar-refractivity contribution >= 4 is 22.8 Å². The highest BCUT2D eigenvalue weighted by atomic mass is 32.2. The Morgan fingerprint density at radius 3 is 2.88 bits per heavy atom. The first-order valence-electron chi connectivity index (χ1n) is 4.99. The normalized spacial score (nSPS) is 10.9. The summed E-state index contributed by atoms with van der Waals surface area (Å²) in [6.45, 7) is 0.381. The van der Waals surface area contributed by atoms with Crippen molar-refractivity contribution < 1.29 is 8.78 Å². The van der Waals surface area contributed by atoms with Crippen LogP contribution in [0.15, 0.2) is 29.4 Å². The fourth-order valence-electron chi connectivity index (χ4n) is 1.60. The standard InChI is InChI=1S/C11H9F2N3S/c12-10(13)17-11-15-8-4-1-2-5-9(8)16(11)7-3-6-14/h1-2,4-5,10H,3,7H2. The molecule has 0 aliphatic heterocycles. The Labute approximate surface area is 101 Å². The second-order valence-corrected chi connectivity index (χ2v) is 4.28. The summed E-state index contributed by atoms with van der Waals surface area (Å²) in [4.78, 5) is 4.14. The zero-order valence-electron chi connectivity index (χ0n) is 8.81. The third kappa shape index (κ3) is 2.56. The second-order valence-electron chi connectivity index (χ2n) is 3.32. The van der Waals surface area contributed by atoms with Gasteiger partial charge in [0.05, 0.1) is 23.5 Å². The fourth-order valence-corrected chi connectivity index (χ4v) is 2.23. The average Bonchev–Trinajstić information content (AvgIpc) is 2.63. The van der Waals surface area contributed by atoms with Gasteiger partial charge in [-0.15, -0.1) is 0 Å². The topological polar surface area (TPSA) is 41.6 Å². The number of rotatable bonds is 4. The molecule has 0 amide bonds. The molecule has 0 N–H and O–H groups in total. The Bertz CT molecular complexity index is 559. The van der Waals surface area contributed by atoms with E-state index in [9.17, 15) is 8.78 Å². The smallest absolute Gasteiger partial charge is 0.291 e. The van der Waals surface area contributed by atoms with Crippen LogP contribution in [-0.4, -0.2) is 15.3 Å². The summed E-state index contributed by atoms with van der Waals surface area (Å²) in [6.07, 6.45) is 0.275. The molecule has 0 bridgehead atoms. The highest BCUT2D eigenvalue weighted by Gasteiger charge is 2.15. The Balaban J connectivity index is 2.45. The van der Waals surface area contributed by atoms with Gasteiger partial charge in [-0.2, -0.15) is 14.0 Å². The Hall–Kier alpha value is -1.61. The Morgan fingerprint density at radius 1 is 1.41 bits per heavy atom. The molecular formula is C11H9F2N3S. The van der Waals surface area contributed by atoms with Gasteiger partial charge in [0, 0.05) is 6.54 Å². The van der Waals surface area contributed by atoms with E-state index in [1.165, 1.54) is 0 Å². The molecule has 0 spiro atoms. The summed E-state index contributed by atoms with van der Waals surface area (Å²) >= 11 is 0.410. The van der Waals surface area contributed by atoms with Crippen molar-refractivity contribution in [3.05, 3.63) is 24.3 Å². The Morgan fingerprint density at radius 2 is 2.18 bits per heavy atom. The van der Waals surface area contributed by atoms with Crippen molar-refractivity contribution in [2.24, 2.45) is 0 Å². The van der Waals surface area contributed by atoms with Gasteiger partial charge in [0.15, 0.2) is 5.16 Å². The fraction of sp³-hybridized carbons (Fsp3) is 0.273. The van der Waals surface area contributed by atoms with Crippen molar-refractivity contribution in [1.29, 1.82) is 5.26 Å². The molecule has 17 heavy (non-hydrogen) atoms. The molecule has 1 aromatic heterocycles. The van der Waals surface area contributed by atoms with E-state index in [4.69, 9.17) is 5.26 Å². The van der Waals surface area contributed by atoms with Crippen molar-refractivity contribution in [3.8, 4) is 6.07 Å². The van der Waals surface area contributed by atoms with Crippen molar-refractivity contribution in [2.45, 2.75) is 23.9 Å². The minimum Gasteiger partial charge on any atom is -0.318 e. The molecule has 0 unspecified atom stereocenters. The average molecular weight is 253 g/mol. The van der Waals surface area contributed by atoms with E-state index in [1.54, 1.807) is 16.7 Å². The number of hydrogen-bond acceptors (Lipinski definition) is 3. The van der Waals surface area contributed by atoms with Gasteiger partial charge < -0.3 is 4.57 Å². The number of benzene rings is 1. The van der Waals surface area contributed by atoms with Crippen LogP contribution >= 0.6 is 11.8 Å². The lowest BCUT2D eigenvalue weighted by atomic mass is 10.3. The van der Waals surface area contributed by atoms with Crippen LogP contribution in [0.4, 0.5) is 8.78 Å². The van der Waals surface area contributed by atoms with Gasteiger partial charge in [0.2, 0.25) is 0 Å². The van der Waals surface area contributed by atoms with Crippen LogP contribution in [0.25, 0.3) is 11.0 Å². The van der Waals surface area contributed by atoms with Crippen LogP contribution in [0.3, 0.4) is 0 Å². The van der Waals surface area contributed by atoms with Crippen LogP contribution in [0.2, 0.25) is 0 Å². The number of nitriles is 1. The molecule has 1 aromatic carbocycles. The van der Waals surface area contributed by atoms with Gasteiger partial charge in [-0.25, -0.2) is 4.98 Å². The molecule has 0 saturated heterocycles. The van der Waals surface area contributed by atoms with Crippen molar-refractivity contribution in [2.75, 3.05) is 0 Å². The first-order chi connectivity index (χ1) is 8.22. The molecule has 0 fully saturated rings. The number of halogens is 2. The summed E-state index contributed by atoms with van der Waals surface area (Å²) in [5.74, 6) is -2.51. The number of para-hydroxylation sites is 2. The molecule has 3 nitrogen and oxygen atoms in total. The van der Waals surface area contributed by atoms with Crippen molar-refractivity contribution in [1.82, 2.24) is 9.55 Å². The molecule has 0 radical (unpaired) electrons. The number of aryl methyl sites for hydroxylation is 1. The third-order valence-electron chi connectivity index (χ3n) is 2.26. The number of imidazole rings is 1. The van der Waals surface area contributed by atoms with Gasteiger partial charge >= 0.3 is 0 Å². The lowest BCUT2D eigenvalue weighted by molar-refractivity contribution is 0.251. The zero-order chi connectivity index (χ0) is 12.3. The maximum Gasteiger partial charge on any atom is 0.291 e. The number of alkyl halides is 2. The van der Waals surface area contributed by atoms with Crippen molar-refractivity contribution in [3.63, 3.8) is 0 Å². The molecule has 0 aliphatic rings. The summed E-state index contributed by atoms with van der Waals surface area (Å²) in [5.41, 5.74) is 1.46. The minimum atomic E-state index is -2.51. The number of fused-ring (bicyclic) bond motifs is 1. The number of nitrogens with zero attached hydrogens (tertiary/aromatic N) is 3. The van der Waals surface area contributed by atoms with E-state index >= 15 is 0 Å². The van der Waals surface area contributed by atoms with E-state index in [0.717, 1.165) is 5.52 Å². The summed E-state index contributed by atoms with van der Waals surface area (Å²) in [5, 5.41) is 8.83. The minimum absolute atomic E-state index is 0.261. The van der Waals surface area contributed by atoms with Gasteiger partial charge in [0.25, 0.3) is 5.76 Å². The lowest BCUT2D eigenvalue weighted by Crippen LogP contribution is -2.00. The largest absolute Gasteiger partial charge is 0.318 e. The zero-order valence-corrected chi connectivity index (χ0v) is 9.62. The second kappa shape index (κ2) is 5.15. The van der Waals surface area contributed by atoms with Gasteiger partial charge in [-0.05, 0) is 23.9 Å². The molecule has 2 aromatic rings. The third-order valence-corrected chi connectivity index (χ3v) is 2.96. The highest BCUT2D eigenvalue weighted by Crippen LogP contribution is 2.28. The highest BCUT2D eigenvalue weighted by molar-refractivity contribution is 7.99. The van der Waals surface area contributed by atoms with Gasteiger partial charge in [0.1, 0.15) is 0 Å². The van der Waals surface area contributed by atoms with E-state index in [1.807, 2.05) is 18.2 Å². The van der Waals surface area contributed by atoms with Gasteiger partial charge in [-0.3, -0.25) is 0 Å². The number of hydrogen-bond donors (Lipinski definition) is 0. The molecule has 6 heteroatoms. The van der Waals surface area contributed by atoms with Gasteiger partial charge in [-0.1, -0.05) is 12.1 Å². The molecular weight excluding hydrogens is 244 g/mol. The van der Waals surface area contributed by atoms with E-state index in [0.29, 0.717) is 23.8 Å². The molecule has 0 saturated carbocycles. The SMILES string of the molecule is N#CCCn1c(SC(F)F)nc2ccccc21. The van der Waals surface area contributed by atoms with E-state index in [2.05, 4.69) is 4.98 Å². The van der Waals surface area contributed by atoms with Crippen LogP contribution in [-0.2, 0) is 6.54 Å². The quantitative estimate of drug-likeness (QED) is 0.785. The predicted molar refractivity (Wildman–Crippen MR) is 61.8 cm³/mol. The van der Waals surface area contributed by atoms with Crippen LogP contribution in [0.5, 0.6) is 0 Å². The first-order valence-corrected chi connectivity index (χ1v) is 5.87. The van der Waals surface area contributed by atoms with E-state index in [-0.39, 0.29) is 11.6 Å². The molecule has 0 atom stereocenters. The molecule has 1 heterocycles.